The first-order chi connectivity index (χ1) is 11.0. The van der Waals surface area contributed by atoms with Gasteiger partial charge < -0.3 is 0 Å². The van der Waals surface area contributed by atoms with E-state index in [0.717, 1.165) is 10.8 Å². The molecule has 0 aliphatic carbocycles. The van der Waals surface area contributed by atoms with E-state index in [1.807, 2.05) is 24.3 Å². The highest BCUT2D eigenvalue weighted by Crippen LogP contribution is 2.22. The van der Waals surface area contributed by atoms with E-state index < -0.39 is 10.0 Å². The molecule has 0 aliphatic rings. The van der Waals surface area contributed by atoms with E-state index in [1.54, 1.807) is 30.3 Å². The molecule has 0 saturated carbocycles. The zero-order chi connectivity index (χ0) is 16.4. The second-order valence-corrected chi connectivity index (χ2v) is 7.44. The molecule has 0 aromatic heterocycles. The molecule has 0 radical (unpaired) electrons. The van der Waals surface area contributed by atoms with E-state index >= 15 is 0 Å². The van der Waals surface area contributed by atoms with E-state index in [0.29, 0.717) is 5.56 Å². The Morgan fingerprint density at radius 2 is 1.65 bits per heavy atom. The lowest BCUT2D eigenvalue weighted by atomic mass is 10.1. The molecule has 0 N–H and O–H groups in total. The molecule has 0 atom stereocenters. The summed E-state index contributed by atoms with van der Waals surface area (Å²) in [5.41, 5.74) is 0.608. The van der Waals surface area contributed by atoms with Gasteiger partial charge in [0.25, 0.3) is 0 Å². The van der Waals surface area contributed by atoms with Crippen molar-refractivity contribution in [3.8, 4) is 0 Å². The largest absolute Gasteiger partial charge is 0.243 e. The lowest BCUT2D eigenvalue weighted by Gasteiger charge is -2.17. The highest BCUT2D eigenvalue weighted by molar-refractivity contribution is 7.89. The molecular formula is C18H16FNO2S. The maximum atomic E-state index is 13.2. The Balaban J connectivity index is 1.92. The minimum Gasteiger partial charge on any atom is -0.207 e. The molecule has 3 nitrogen and oxygen atoms in total. The second-order valence-electron chi connectivity index (χ2n) is 5.40. The molecule has 118 valence electrons. The standard InChI is InChI=1S/C18H16FNO2S/c1-20(13-14-5-4-8-17(19)11-14)23(21,22)18-10-9-15-6-2-3-7-16(15)12-18/h2-12H,13H2,1H3. The molecule has 23 heavy (non-hydrogen) atoms. The van der Waals surface area contributed by atoms with Gasteiger partial charge in [0.1, 0.15) is 5.82 Å². The molecule has 3 aromatic carbocycles. The third-order valence-electron chi connectivity index (χ3n) is 3.72. The predicted molar refractivity (Wildman–Crippen MR) is 89.0 cm³/mol. The average Bonchev–Trinajstić information content (AvgIpc) is 2.54. The Hall–Kier alpha value is -2.24. The van der Waals surface area contributed by atoms with Gasteiger partial charge in [0, 0.05) is 13.6 Å². The number of benzene rings is 3. The molecule has 0 heterocycles. The Morgan fingerprint density at radius 3 is 2.39 bits per heavy atom. The number of nitrogens with zero attached hydrogens (tertiary/aromatic N) is 1. The van der Waals surface area contributed by atoms with Crippen molar-refractivity contribution in [2.45, 2.75) is 11.4 Å². The molecule has 5 heteroatoms. The number of rotatable bonds is 4. The summed E-state index contributed by atoms with van der Waals surface area (Å²) in [5.74, 6) is -0.376. The fourth-order valence-electron chi connectivity index (χ4n) is 2.49. The van der Waals surface area contributed by atoms with Crippen molar-refractivity contribution in [3.05, 3.63) is 78.1 Å². The topological polar surface area (TPSA) is 37.4 Å². The Kier molecular flexibility index (Phi) is 4.15. The third-order valence-corrected chi connectivity index (χ3v) is 5.52. The van der Waals surface area contributed by atoms with Crippen LogP contribution in [0.25, 0.3) is 10.8 Å². The summed E-state index contributed by atoms with van der Waals surface area (Å²) in [7, 11) is -2.14. The Bertz CT molecular complexity index is 954. The SMILES string of the molecule is CN(Cc1cccc(F)c1)S(=O)(=O)c1ccc2ccccc2c1. The minimum atomic E-state index is -3.63. The first-order valence-corrected chi connectivity index (χ1v) is 8.60. The van der Waals surface area contributed by atoms with E-state index in [-0.39, 0.29) is 17.3 Å². The van der Waals surface area contributed by atoms with Crippen LogP contribution in [-0.2, 0) is 16.6 Å². The number of halogens is 1. The van der Waals surface area contributed by atoms with Crippen LogP contribution in [0.5, 0.6) is 0 Å². The van der Waals surface area contributed by atoms with Crippen molar-refractivity contribution in [3.63, 3.8) is 0 Å². The average molecular weight is 329 g/mol. The number of sulfonamides is 1. The van der Waals surface area contributed by atoms with Gasteiger partial charge >= 0.3 is 0 Å². The maximum Gasteiger partial charge on any atom is 0.243 e. The number of hydrogen-bond donors (Lipinski definition) is 0. The lowest BCUT2D eigenvalue weighted by Crippen LogP contribution is -2.26. The maximum absolute atomic E-state index is 13.2. The van der Waals surface area contributed by atoms with Crippen LogP contribution in [-0.4, -0.2) is 19.8 Å². The summed E-state index contributed by atoms with van der Waals surface area (Å²) in [6.45, 7) is 0.118. The zero-order valence-corrected chi connectivity index (χ0v) is 13.4. The molecule has 0 fully saturated rings. The molecular weight excluding hydrogens is 313 g/mol. The monoisotopic (exact) mass is 329 g/mol. The van der Waals surface area contributed by atoms with Gasteiger partial charge in [-0.25, -0.2) is 12.8 Å². The smallest absolute Gasteiger partial charge is 0.207 e. The molecule has 0 unspecified atom stereocenters. The first-order valence-electron chi connectivity index (χ1n) is 7.16. The van der Waals surface area contributed by atoms with Crippen molar-refractivity contribution in [2.75, 3.05) is 7.05 Å². The van der Waals surface area contributed by atoms with Crippen molar-refractivity contribution in [2.24, 2.45) is 0 Å². The van der Waals surface area contributed by atoms with Crippen LogP contribution >= 0.6 is 0 Å². The summed E-state index contributed by atoms with van der Waals surface area (Å²) < 4.78 is 39.9. The molecule has 0 aliphatic heterocycles. The minimum absolute atomic E-state index is 0.118. The van der Waals surface area contributed by atoms with Crippen molar-refractivity contribution in [1.29, 1.82) is 0 Å². The second kappa shape index (κ2) is 6.10. The van der Waals surface area contributed by atoms with Crippen LogP contribution in [0.3, 0.4) is 0 Å². The van der Waals surface area contributed by atoms with Gasteiger partial charge in [-0.2, -0.15) is 4.31 Å². The van der Waals surface area contributed by atoms with Crippen molar-refractivity contribution < 1.29 is 12.8 Å². The summed E-state index contributed by atoms with van der Waals surface area (Å²) >= 11 is 0. The summed E-state index contributed by atoms with van der Waals surface area (Å²) in [5, 5.41) is 1.85. The van der Waals surface area contributed by atoms with Gasteiger partial charge in [-0.15, -0.1) is 0 Å². The van der Waals surface area contributed by atoms with Crippen molar-refractivity contribution >= 4 is 20.8 Å². The van der Waals surface area contributed by atoms with Crippen LogP contribution in [0.15, 0.2) is 71.6 Å². The van der Waals surface area contributed by atoms with Crippen LogP contribution in [0.4, 0.5) is 4.39 Å². The first kappa shape index (κ1) is 15.6. The number of fused-ring (bicyclic) bond motifs is 1. The molecule has 0 saturated heterocycles. The molecule has 0 bridgehead atoms. The normalized spacial score (nSPS) is 12.0. The summed E-state index contributed by atoms with van der Waals surface area (Å²) in [6.07, 6.45) is 0. The fraction of sp³-hybridized carbons (Fsp3) is 0.111. The van der Waals surface area contributed by atoms with Crippen LogP contribution in [0.2, 0.25) is 0 Å². The molecule has 0 amide bonds. The highest BCUT2D eigenvalue weighted by Gasteiger charge is 2.21. The van der Waals surface area contributed by atoms with E-state index in [1.165, 1.54) is 23.5 Å². The fourth-order valence-corrected chi connectivity index (χ4v) is 3.68. The third kappa shape index (κ3) is 3.25. The van der Waals surface area contributed by atoms with E-state index in [9.17, 15) is 12.8 Å². The highest BCUT2D eigenvalue weighted by atomic mass is 32.2. The zero-order valence-electron chi connectivity index (χ0n) is 12.6. The molecule has 3 rings (SSSR count). The quantitative estimate of drug-likeness (QED) is 0.730. The van der Waals surface area contributed by atoms with Gasteiger partial charge in [0.15, 0.2) is 0 Å². The van der Waals surface area contributed by atoms with Crippen LogP contribution in [0.1, 0.15) is 5.56 Å². The van der Waals surface area contributed by atoms with E-state index in [2.05, 4.69) is 0 Å². The lowest BCUT2D eigenvalue weighted by molar-refractivity contribution is 0.465. The van der Waals surface area contributed by atoms with Gasteiger partial charge in [-0.05, 0) is 40.6 Å². The van der Waals surface area contributed by atoms with Gasteiger partial charge in [-0.3, -0.25) is 0 Å². The van der Waals surface area contributed by atoms with E-state index in [4.69, 9.17) is 0 Å². The molecule has 3 aromatic rings. The van der Waals surface area contributed by atoms with Gasteiger partial charge in [-0.1, -0.05) is 42.5 Å². The summed E-state index contributed by atoms with van der Waals surface area (Å²) in [4.78, 5) is 0.232. The Labute approximate surface area is 135 Å². The van der Waals surface area contributed by atoms with Crippen LogP contribution < -0.4 is 0 Å². The van der Waals surface area contributed by atoms with Crippen molar-refractivity contribution in [1.82, 2.24) is 4.31 Å². The Morgan fingerprint density at radius 1 is 0.913 bits per heavy atom. The summed E-state index contributed by atoms with van der Waals surface area (Å²) in [6, 6.07) is 18.6. The van der Waals surface area contributed by atoms with Gasteiger partial charge in [0.05, 0.1) is 4.90 Å². The molecule has 0 spiro atoms. The van der Waals surface area contributed by atoms with Crippen LogP contribution in [0, 0.1) is 5.82 Å². The number of hydrogen-bond acceptors (Lipinski definition) is 2. The van der Waals surface area contributed by atoms with Gasteiger partial charge in [0.2, 0.25) is 10.0 Å². The predicted octanol–water partition coefficient (Wildman–Crippen LogP) is 3.80.